The van der Waals surface area contributed by atoms with Crippen LogP contribution in [0.1, 0.15) is 15.9 Å². The van der Waals surface area contributed by atoms with Crippen LogP contribution in [0.3, 0.4) is 0 Å². The molecule has 0 saturated heterocycles. The topological polar surface area (TPSA) is 75.3 Å². The number of rotatable bonds is 6. The lowest BCUT2D eigenvalue weighted by molar-refractivity contribution is 0.102. The van der Waals surface area contributed by atoms with Crippen molar-refractivity contribution in [2.45, 2.75) is 16.7 Å². The molecule has 0 bridgehead atoms. The number of benzene rings is 3. The summed E-state index contributed by atoms with van der Waals surface area (Å²) in [7, 11) is -3.80. The molecule has 0 radical (unpaired) electrons. The molecule has 28 heavy (non-hydrogen) atoms. The lowest BCUT2D eigenvalue weighted by atomic mass is 10.2. The van der Waals surface area contributed by atoms with Gasteiger partial charge in [0.1, 0.15) is 0 Å². The minimum Gasteiger partial charge on any atom is -0.322 e. The van der Waals surface area contributed by atoms with Crippen molar-refractivity contribution in [2.24, 2.45) is 0 Å². The van der Waals surface area contributed by atoms with Gasteiger partial charge in [0.15, 0.2) is 0 Å². The fourth-order valence-electron chi connectivity index (χ4n) is 2.54. The lowest BCUT2D eigenvalue weighted by Gasteiger charge is -2.10. The van der Waals surface area contributed by atoms with E-state index >= 15 is 0 Å². The summed E-state index contributed by atoms with van der Waals surface area (Å²) < 4.78 is 27.8. The summed E-state index contributed by atoms with van der Waals surface area (Å²) in [6.45, 7) is 1.93. The van der Waals surface area contributed by atoms with Crippen molar-refractivity contribution in [3.63, 3.8) is 0 Å². The zero-order chi connectivity index (χ0) is 20.1. The van der Waals surface area contributed by atoms with E-state index in [0.717, 1.165) is 10.5 Å². The minimum atomic E-state index is -3.80. The summed E-state index contributed by atoms with van der Waals surface area (Å²) in [5, 5.41) is 2.80. The number of carbonyl (C=O) groups is 1. The lowest BCUT2D eigenvalue weighted by Crippen LogP contribution is -2.16. The predicted molar refractivity (Wildman–Crippen MR) is 115 cm³/mol. The molecule has 3 aromatic rings. The number of sulfonamides is 1. The predicted octanol–water partition coefficient (Wildman–Crippen LogP) is 4.77. The Morgan fingerprint density at radius 2 is 1.61 bits per heavy atom. The van der Waals surface area contributed by atoms with Gasteiger partial charge in [0.25, 0.3) is 15.9 Å². The Kier molecular flexibility index (Phi) is 6.06. The number of anilines is 2. The van der Waals surface area contributed by atoms with Crippen molar-refractivity contribution >= 4 is 39.1 Å². The van der Waals surface area contributed by atoms with Gasteiger partial charge >= 0.3 is 0 Å². The van der Waals surface area contributed by atoms with Crippen LogP contribution < -0.4 is 10.0 Å². The standard InChI is InChI=1S/C21H20N2O3S2/c1-15-9-11-17(12-10-15)23-28(25,26)20-8-3-5-16(13-20)21(24)22-18-6-4-7-19(14-18)27-2/h3-14,23H,1-2H3,(H,22,24). The number of thioether (sulfide) groups is 1. The van der Waals surface area contributed by atoms with Crippen molar-refractivity contribution in [1.29, 1.82) is 0 Å². The first-order valence-electron chi connectivity index (χ1n) is 8.52. The van der Waals surface area contributed by atoms with Gasteiger partial charge in [-0.1, -0.05) is 29.8 Å². The van der Waals surface area contributed by atoms with Gasteiger partial charge in [0.05, 0.1) is 4.90 Å². The van der Waals surface area contributed by atoms with E-state index in [1.165, 1.54) is 12.1 Å². The third kappa shape index (κ3) is 4.94. The molecule has 7 heteroatoms. The van der Waals surface area contributed by atoms with Crippen LogP contribution in [-0.2, 0) is 10.0 Å². The highest BCUT2D eigenvalue weighted by atomic mass is 32.2. The molecule has 0 aliphatic rings. The van der Waals surface area contributed by atoms with Crippen molar-refractivity contribution in [3.8, 4) is 0 Å². The van der Waals surface area contributed by atoms with E-state index < -0.39 is 10.0 Å². The summed E-state index contributed by atoms with van der Waals surface area (Å²) in [4.78, 5) is 13.6. The second kappa shape index (κ2) is 8.50. The minimum absolute atomic E-state index is 0.0265. The highest BCUT2D eigenvalue weighted by Gasteiger charge is 2.16. The highest BCUT2D eigenvalue weighted by molar-refractivity contribution is 7.98. The zero-order valence-corrected chi connectivity index (χ0v) is 17.1. The Morgan fingerprint density at radius 1 is 0.893 bits per heavy atom. The molecule has 0 fully saturated rings. The van der Waals surface area contributed by atoms with Crippen LogP contribution in [0.2, 0.25) is 0 Å². The van der Waals surface area contributed by atoms with E-state index in [1.54, 1.807) is 42.1 Å². The molecular formula is C21H20N2O3S2. The molecule has 1 amide bonds. The Morgan fingerprint density at radius 3 is 2.32 bits per heavy atom. The second-order valence-corrected chi connectivity index (χ2v) is 8.75. The van der Waals surface area contributed by atoms with Crippen LogP contribution in [0.4, 0.5) is 11.4 Å². The van der Waals surface area contributed by atoms with Gasteiger partial charge in [-0.2, -0.15) is 0 Å². The maximum atomic E-state index is 12.7. The molecule has 0 atom stereocenters. The summed E-state index contributed by atoms with van der Waals surface area (Å²) in [6.07, 6.45) is 1.95. The number of hydrogen-bond donors (Lipinski definition) is 2. The van der Waals surface area contributed by atoms with Crippen molar-refractivity contribution in [1.82, 2.24) is 0 Å². The Labute approximate surface area is 169 Å². The maximum Gasteiger partial charge on any atom is 0.261 e. The van der Waals surface area contributed by atoms with Gasteiger partial charge < -0.3 is 5.32 Å². The van der Waals surface area contributed by atoms with Crippen LogP contribution in [0.5, 0.6) is 0 Å². The van der Waals surface area contributed by atoms with E-state index in [2.05, 4.69) is 10.0 Å². The number of nitrogens with one attached hydrogen (secondary N) is 2. The summed E-state index contributed by atoms with van der Waals surface area (Å²) in [6, 6.07) is 20.5. The maximum absolute atomic E-state index is 12.7. The SMILES string of the molecule is CSc1cccc(NC(=O)c2cccc(S(=O)(=O)Nc3ccc(C)cc3)c2)c1. The van der Waals surface area contributed by atoms with Crippen molar-refractivity contribution < 1.29 is 13.2 Å². The molecule has 0 aliphatic carbocycles. The van der Waals surface area contributed by atoms with Gasteiger partial charge in [0.2, 0.25) is 0 Å². The highest BCUT2D eigenvalue weighted by Crippen LogP contribution is 2.21. The summed E-state index contributed by atoms with van der Waals surface area (Å²) in [5.41, 5.74) is 2.42. The molecule has 5 nitrogen and oxygen atoms in total. The quantitative estimate of drug-likeness (QED) is 0.572. The third-order valence-corrected chi connectivity index (χ3v) is 6.14. The number of hydrogen-bond acceptors (Lipinski definition) is 4. The fraction of sp³-hybridized carbons (Fsp3) is 0.0952. The van der Waals surface area contributed by atoms with Crippen molar-refractivity contribution in [3.05, 3.63) is 83.9 Å². The Bertz CT molecular complexity index is 1090. The molecule has 144 valence electrons. The molecular weight excluding hydrogens is 392 g/mol. The Hall–Kier alpha value is -2.77. The average Bonchev–Trinajstić information content (AvgIpc) is 2.70. The molecule has 3 aromatic carbocycles. The Balaban J connectivity index is 1.80. The molecule has 0 spiro atoms. The zero-order valence-electron chi connectivity index (χ0n) is 15.5. The number of amides is 1. The third-order valence-electron chi connectivity index (χ3n) is 4.04. The second-order valence-electron chi connectivity index (χ2n) is 6.19. The first kappa shape index (κ1) is 20.0. The molecule has 0 saturated carbocycles. The van der Waals surface area contributed by atoms with Gasteiger partial charge in [-0.25, -0.2) is 8.42 Å². The normalized spacial score (nSPS) is 11.1. The van der Waals surface area contributed by atoms with E-state index in [1.807, 2.05) is 43.5 Å². The molecule has 3 rings (SSSR count). The summed E-state index contributed by atoms with van der Waals surface area (Å²) in [5.74, 6) is -0.370. The van der Waals surface area contributed by atoms with Gasteiger partial charge in [0, 0.05) is 21.8 Å². The average molecular weight is 413 g/mol. The van der Waals surface area contributed by atoms with Crippen LogP contribution in [0.15, 0.2) is 82.6 Å². The molecule has 0 aliphatic heterocycles. The molecule has 0 heterocycles. The molecule has 0 aromatic heterocycles. The largest absolute Gasteiger partial charge is 0.322 e. The van der Waals surface area contributed by atoms with Gasteiger partial charge in [-0.3, -0.25) is 9.52 Å². The first-order valence-corrected chi connectivity index (χ1v) is 11.2. The number of carbonyl (C=O) groups excluding carboxylic acids is 1. The first-order chi connectivity index (χ1) is 13.4. The van der Waals surface area contributed by atoms with Crippen LogP contribution in [0.25, 0.3) is 0 Å². The number of aryl methyl sites for hydroxylation is 1. The van der Waals surface area contributed by atoms with E-state index in [9.17, 15) is 13.2 Å². The fourth-order valence-corrected chi connectivity index (χ4v) is 4.11. The van der Waals surface area contributed by atoms with Crippen LogP contribution in [-0.4, -0.2) is 20.6 Å². The monoisotopic (exact) mass is 412 g/mol. The molecule has 2 N–H and O–H groups in total. The molecule has 0 unspecified atom stereocenters. The van der Waals surface area contributed by atoms with E-state index in [0.29, 0.717) is 11.4 Å². The summed E-state index contributed by atoms with van der Waals surface area (Å²) >= 11 is 1.57. The van der Waals surface area contributed by atoms with Crippen LogP contribution >= 0.6 is 11.8 Å². The smallest absolute Gasteiger partial charge is 0.261 e. The van der Waals surface area contributed by atoms with Gasteiger partial charge in [-0.05, 0) is 61.7 Å². The van der Waals surface area contributed by atoms with Crippen LogP contribution in [0, 0.1) is 6.92 Å². The van der Waals surface area contributed by atoms with Crippen molar-refractivity contribution in [2.75, 3.05) is 16.3 Å². The van der Waals surface area contributed by atoms with Gasteiger partial charge in [-0.15, -0.1) is 11.8 Å². The van der Waals surface area contributed by atoms with E-state index in [-0.39, 0.29) is 16.4 Å². The van der Waals surface area contributed by atoms with E-state index in [4.69, 9.17) is 0 Å².